The molecule has 0 atom stereocenters. The summed E-state index contributed by atoms with van der Waals surface area (Å²) in [6.07, 6.45) is 6.43. The molecule has 0 spiro atoms. The van der Waals surface area contributed by atoms with Crippen LogP contribution in [0.15, 0.2) is 18.2 Å². The van der Waals surface area contributed by atoms with Gasteiger partial charge in [-0.3, -0.25) is 4.90 Å². The van der Waals surface area contributed by atoms with Gasteiger partial charge >= 0.3 is 0 Å². The van der Waals surface area contributed by atoms with Gasteiger partial charge < -0.3 is 5.32 Å². The summed E-state index contributed by atoms with van der Waals surface area (Å²) in [4.78, 5) is 2.29. The lowest BCUT2D eigenvalue weighted by Gasteiger charge is -2.34. The van der Waals surface area contributed by atoms with Gasteiger partial charge in [0, 0.05) is 30.7 Å². The first-order valence-electron chi connectivity index (χ1n) is 7.43. The molecule has 0 saturated heterocycles. The van der Waals surface area contributed by atoms with Crippen molar-refractivity contribution < 1.29 is 4.39 Å². The van der Waals surface area contributed by atoms with Gasteiger partial charge in [0.05, 0.1) is 0 Å². The Morgan fingerprint density at radius 3 is 2.68 bits per heavy atom. The molecule has 1 N–H and O–H groups in total. The van der Waals surface area contributed by atoms with Crippen LogP contribution in [0.1, 0.15) is 43.2 Å². The maximum absolute atomic E-state index is 13.9. The Morgan fingerprint density at radius 1 is 1.26 bits per heavy atom. The number of hydrogen-bond donors (Lipinski definition) is 1. The summed E-state index contributed by atoms with van der Waals surface area (Å²) in [6.45, 7) is 1.60. The van der Waals surface area contributed by atoms with Gasteiger partial charge in [-0.15, -0.1) is 0 Å². The van der Waals surface area contributed by atoms with Gasteiger partial charge in [-0.05, 0) is 44.4 Å². The van der Waals surface area contributed by atoms with Crippen molar-refractivity contribution in [1.29, 1.82) is 0 Å². The standard InChI is InChI=1S/C16H23FN2/c1-19(15-3-2-4-15)11-13-9-12(5-8-16(13)17)10-18-14-6-7-14/h5,8-9,14-15,18H,2-4,6-7,10-11H2,1H3. The van der Waals surface area contributed by atoms with Crippen molar-refractivity contribution in [3.63, 3.8) is 0 Å². The van der Waals surface area contributed by atoms with Gasteiger partial charge in [0.15, 0.2) is 0 Å². The lowest BCUT2D eigenvalue weighted by molar-refractivity contribution is 0.151. The molecule has 0 aromatic heterocycles. The smallest absolute Gasteiger partial charge is 0.127 e. The van der Waals surface area contributed by atoms with E-state index in [0.717, 1.165) is 18.7 Å². The summed E-state index contributed by atoms with van der Waals surface area (Å²) >= 11 is 0. The molecule has 3 heteroatoms. The van der Waals surface area contributed by atoms with Crippen LogP contribution >= 0.6 is 0 Å². The molecule has 0 heterocycles. The number of halogens is 1. The van der Waals surface area contributed by atoms with E-state index < -0.39 is 0 Å². The van der Waals surface area contributed by atoms with Crippen LogP contribution in [0, 0.1) is 5.82 Å². The second kappa shape index (κ2) is 5.59. The number of benzene rings is 1. The van der Waals surface area contributed by atoms with Gasteiger partial charge in [0.2, 0.25) is 0 Å². The maximum Gasteiger partial charge on any atom is 0.127 e. The Kier molecular flexibility index (Phi) is 3.85. The Labute approximate surface area is 115 Å². The molecule has 19 heavy (non-hydrogen) atoms. The van der Waals surface area contributed by atoms with Crippen molar-refractivity contribution in [2.24, 2.45) is 0 Å². The third-order valence-corrected chi connectivity index (χ3v) is 4.40. The fraction of sp³-hybridized carbons (Fsp3) is 0.625. The maximum atomic E-state index is 13.9. The van der Waals surface area contributed by atoms with Crippen LogP contribution in [0.2, 0.25) is 0 Å². The van der Waals surface area contributed by atoms with E-state index in [1.54, 1.807) is 6.07 Å². The van der Waals surface area contributed by atoms with E-state index in [-0.39, 0.29) is 5.82 Å². The molecule has 0 amide bonds. The van der Waals surface area contributed by atoms with E-state index in [2.05, 4.69) is 17.3 Å². The average Bonchev–Trinajstić information content (AvgIpc) is 3.11. The van der Waals surface area contributed by atoms with Gasteiger partial charge in [-0.25, -0.2) is 4.39 Å². The van der Waals surface area contributed by atoms with Crippen molar-refractivity contribution in [3.05, 3.63) is 35.1 Å². The van der Waals surface area contributed by atoms with Crippen LogP contribution in [0.25, 0.3) is 0 Å². The highest BCUT2D eigenvalue weighted by Gasteiger charge is 2.23. The predicted octanol–water partition coefficient (Wildman–Crippen LogP) is 3.06. The molecule has 0 radical (unpaired) electrons. The van der Waals surface area contributed by atoms with Crippen LogP contribution in [0.5, 0.6) is 0 Å². The predicted molar refractivity (Wildman–Crippen MR) is 75.4 cm³/mol. The molecule has 2 aliphatic rings. The largest absolute Gasteiger partial charge is 0.310 e. The number of nitrogens with one attached hydrogen (secondary N) is 1. The third-order valence-electron chi connectivity index (χ3n) is 4.40. The SMILES string of the molecule is CN(Cc1cc(CNC2CC2)ccc1F)C1CCC1. The Morgan fingerprint density at radius 2 is 2.05 bits per heavy atom. The number of hydrogen-bond acceptors (Lipinski definition) is 2. The van der Waals surface area contributed by atoms with Crippen LogP contribution in [0.3, 0.4) is 0 Å². The fourth-order valence-corrected chi connectivity index (χ4v) is 2.63. The number of rotatable bonds is 6. The van der Waals surface area contributed by atoms with Crippen LogP contribution in [-0.4, -0.2) is 24.0 Å². The molecule has 3 rings (SSSR count). The summed E-state index contributed by atoms with van der Waals surface area (Å²) in [6, 6.07) is 6.91. The fourth-order valence-electron chi connectivity index (χ4n) is 2.63. The first kappa shape index (κ1) is 13.1. The molecule has 1 aromatic rings. The summed E-state index contributed by atoms with van der Waals surface area (Å²) in [5.74, 6) is -0.0682. The Bertz CT molecular complexity index is 438. The molecule has 2 saturated carbocycles. The molecular weight excluding hydrogens is 239 g/mol. The van der Waals surface area contributed by atoms with Crippen LogP contribution in [0.4, 0.5) is 4.39 Å². The van der Waals surface area contributed by atoms with Gasteiger partial charge in [-0.1, -0.05) is 18.6 Å². The first-order valence-corrected chi connectivity index (χ1v) is 7.43. The summed E-state index contributed by atoms with van der Waals surface area (Å²) in [7, 11) is 2.11. The lowest BCUT2D eigenvalue weighted by Crippen LogP contribution is -2.36. The van der Waals surface area contributed by atoms with Crippen LogP contribution in [-0.2, 0) is 13.1 Å². The third kappa shape index (κ3) is 3.34. The van der Waals surface area contributed by atoms with Crippen molar-refractivity contribution >= 4 is 0 Å². The highest BCUT2D eigenvalue weighted by molar-refractivity contribution is 5.25. The zero-order valence-corrected chi connectivity index (χ0v) is 11.7. The van der Waals surface area contributed by atoms with Gasteiger partial charge in [-0.2, -0.15) is 0 Å². The molecule has 2 aliphatic carbocycles. The van der Waals surface area contributed by atoms with Crippen molar-refractivity contribution in [2.75, 3.05) is 7.05 Å². The monoisotopic (exact) mass is 262 g/mol. The zero-order chi connectivity index (χ0) is 13.2. The zero-order valence-electron chi connectivity index (χ0n) is 11.7. The van der Waals surface area contributed by atoms with E-state index in [1.165, 1.54) is 37.7 Å². The number of nitrogens with zero attached hydrogens (tertiary/aromatic N) is 1. The van der Waals surface area contributed by atoms with E-state index in [4.69, 9.17) is 0 Å². The quantitative estimate of drug-likeness (QED) is 0.847. The molecule has 104 valence electrons. The molecule has 2 nitrogen and oxygen atoms in total. The Balaban J connectivity index is 1.62. The van der Waals surface area contributed by atoms with E-state index in [9.17, 15) is 4.39 Å². The molecule has 0 unspecified atom stereocenters. The first-order chi connectivity index (χ1) is 9.22. The highest BCUT2D eigenvalue weighted by Crippen LogP contribution is 2.25. The average molecular weight is 262 g/mol. The van der Waals surface area contributed by atoms with Crippen molar-refractivity contribution in [2.45, 2.75) is 57.3 Å². The van der Waals surface area contributed by atoms with E-state index >= 15 is 0 Å². The minimum absolute atomic E-state index is 0.0682. The molecular formula is C16H23FN2. The Hall–Kier alpha value is -0.930. The van der Waals surface area contributed by atoms with Crippen molar-refractivity contribution in [1.82, 2.24) is 10.2 Å². The molecule has 1 aromatic carbocycles. The normalized spacial score (nSPS) is 19.7. The molecule has 0 aliphatic heterocycles. The van der Waals surface area contributed by atoms with E-state index in [1.807, 2.05) is 12.1 Å². The molecule has 2 fully saturated rings. The lowest BCUT2D eigenvalue weighted by atomic mass is 9.91. The topological polar surface area (TPSA) is 15.3 Å². The summed E-state index contributed by atoms with van der Waals surface area (Å²) < 4.78 is 13.9. The second-order valence-electron chi connectivity index (χ2n) is 6.08. The van der Waals surface area contributed by atoms with Gasteiger partial charge in [0.1, 0.15) is 5.82 Å². The van der Waals surface area contributed by atoms with E-state index in [0.29, 0.717) is 12.1 Å². The van der Waals surface area contributed by atoms with Gasteiger partial charge in [0.25, 0.3) is 0 Å². The molecule has 0 bridgehead atoms. The minimum Gasteiger partial charge on any atom is -0.310 e. The summed E-state index contributed by atoms with van der Waals surface area (Å²) in [5.41, 5.74) is 2.04. The van der Waals surface area contributed by atoms with Crippen molar-refractivity contribution in [3.8, 4) is 0 Å². The van der Waals surface area contributed by atoms with Crippen LogP contribution < -0.4 is 5.32 Å². The second-order valence-corrected chi connectivity index (χ2v) is 6.08. The minimum atomic E-state index is -0.0682. The highest BCUT2D eigenvalue weighted by atomic mass is 19.1. The summed E-state index contributed by atoms with van der Waals surface area (Å²) in [5, 5.41) is 3.48.